The number of hydrogen-bond acceptors (Lipinski definition) is 7. The van der Waals surface area contributed by atoms with E-state index in [0.717, 1.165) is 4.57 Å². The second kappa shape index (κ2) is 7.99. The van der Waals surface area contributed by atoms with Crippen LogP contribution in [-0.4, -0.2) is 37.4 Å². The van der Waals surface area contributed by atoms with E-state index in [1.807, 2.05) is 0 Å². The van der Waals surface area contributed by atoms with Crippen LogP contribution in [0.1, 0.15) is 20.3 Å². The Balaban J connectivity index is 3.07. The van der Waals surface area contributed by atoms with Crippen molar-refractivity contribution < 1.29 is 24.5 Å². The molecule has 0 spiro atoms. The Morgan fingerprint density at radius 2 is 1.68 bits per heavy atom. The largest absolute Gasteiger partial charge is 0.480 e. The van der Waals surface area contributed by atoms with E-state index in [2.05, 4.69) is 5.32 Å². The molecule has 25 heavy (non-hydrogen) atoms. The molecule has 0 unspecified atom stereocenters. The highest BCUT2D eigenvalue weighted by Gasteiger charge is 2.26. The molecule has 12 nitrogen and oxygen atoms in total. The first-order chi connectivity index (χ1) is 11.5. The number of carboxylic acid groups (broad SMARTS) is 1. The topological polar surface area (TPSA) is 175 Å². The predicted molar refractivity (Wildman–Crippen MR) is 83.0 cm³/mol. The molecule has 0 fully saturated rings. The zero-order valence-corrected chi connectivity index (χ0v) is 13.4. The number of carbonyl (C=O) groups is 2. The molecule has 1 atom stereocenters. The average Bonchev–Trinajstić information content (AvgIpc) is 2.46. The molecular weight excluding hydrogens is 340 g/mol. The molecule has 12 heteroatoms. The summed E-state index contributed by atoms with van der Waals surface area (Å²) in [4.78, 5) is 54.1. The minimum absolute atomic E-state index is 0.0176. The number of nitrogens with one attached hydrogen (secondary N) is 1. The average molecular weight is 356 g/mol. The Morgan fingerprint density at radius 3 is 2.04 bits per heavy atom. The number of aliphatic carboxylic acids is 1. The maximum absolute atomic E-state index is 11.9. The van der Waals surface area contributed by atoms with Crippen LogP contribution in [0.15, 0.2) is 17.2 Å². The van der Waals surface area contributed by atoms with Gasteiger partial charge in [0.25, 0.3) is 0 Å². The van der Waals surface area contributed by atoms with E-state index in [9.17, 15) is 34.6 Å². The standard InChI is InChI=1S/C13H16N4O8/c1-7(2)3-8(13(20)21)14-11(18)6-15-4-9(16(22)23)12(19)10(5-15)17(24)25/h4-5,7-8H,3,6H2,1-2H3,(H,14,18)(H,20,21)/t8-/m0/s1. The van der Waals surface area contributed by atoms with Crippen LogP contribution in [-0.2, 0) is 16.1 Å². The third kappa shape index (κ3) is 5.37. The summed E-state index contributed by atoms with van der Waals surface area (Å²) >= 11 is 0. The molecule has 1 rings (SSSR count). The third-order valence-corrected chi connectivity index (χ3v) is 3.10. The first-order valence-electron chi connectivity index (χ1n) is 7.08. The van der Waals surface area contributed by atoms with E-state index in [0.29, 0.717) is 12.4 Å². The van der Waals surface area contributed by atoms with Crippen LogP contribution < -0.4 is 10.7 Å². The SMILES string of the molecule is CC(C)C[C@H](NC(=O)Cn1cc([N+](=O)[O-])c(=O)c([N+](=O)[O-])c1)C(=O)O. The van der Waals surface area contributed by atoms with E-state index in [1.165, 1.54) is 0 Å². The number of hydrogen-bond donors (Lipinski definition) is 2. The zero-order chi connectivity index (χ0) is 19.3. The van der Waals surface area contributed by atoms with Crippen molar-refractivity contribution in [3.63, 3.8) is 0 Å². The summed E-state index contributed by atoms with van der Waals surface area (Å²) in [5, 5.41) is 32.9. The maximum atomic E-state index is 11.9. The smallest absolute Gasteiger partial charge is 0.339 e. The lowest BCUT2D eigenvalue weighted by Gasteiger charge is -2.16. The van der Waals surface area contributed by atoms with Crippen LogP contribution in [0.2, 0.25) is 0 Å². The van der Waals surface area contributed by atoms with Gasteiger partial charge in [-0.1, -0.05) is 13.8 Å². The molecule has 0 aliphatic heterocycles. The van der Waals surface area contributed by atoms with Gasteiger partial charge in [-0.25, -0.2) is 4.79 Å². The quantitative estimate of drug-likeness (QED) is 0.493. The van der Waals surface area contributed by atoms with Crippen LogP contribution >= 0.6 is 0 Å². The number of pyridine rings is 1. The molecule has 0 saturated heterocycles. The summed E-state index contributed by atoms with van der Waals surface area (Å²) in [6.07, 6.45) is 1.53. The van der Waals surface area contributed by atoms with Crippen molar-refractivity contribution in [2.45, 2.75) is 32.9 Å². The molecule has 136 valence electrons. The van der Waals surface area contributed by atoms with Crippen LogP contribution in [0.5, 0.6) is 0 Å². The van der Waals surface area contributed by atoms with E-state index in [1.54, 1.807) is 13.8 Å². The number of nitrogens with zero attached hydrogens (tertiary/aromatic N) is 3. The lowest BCUT2D eigenvalue weighted by molar-refractivity contribution is -0.397. The molecule has 1 amide bonds. The summed E-state index contributed by atoms with van der Waals surface area (Å²) < 4.78 is 0.793. The fraction of sp³-hybridized carbons (Fsp3) is 0.462. The van der Waals surface area contributed by atoms with Crippen LogP contribution in [0.25, 0.3) is 0 Å². The van der Waals surface area contributed by atoms with E-state index < -0.39 is 51.1 Å². The van der Waals surface area contributed by atoms with Crippen molar-refractivity contribution in [3.05, 3.63) is 42.8 Å². The van der Waals surface area contributed by atoms with Gasteiger partial charge in [0, 0.05) is 0 Å². The lowest BCUT2D eigenvalue weighted by atomic mass is 10.0. The molecule has 0 bridgehead atoms. The second-order valence-electron chi connectivity index (χ2n) is 5.63. The second-order valence-corrected chi connectivity index (χ2v) is 5.63. The van der Waals surface area contributed by atoms with E-state index in [-0.39, 0.29) is 12.3 Å². The van der Waals surface area contributed by atoms with Gasteiger partial charge in [-0.05, 0) is 12.3 Å². The minimum Gasteiger partial charge on any atom is -0.480 e. The van der Waals surface area contributed by atoms with E-state index >= 15 is 0 Å². The monoisotopic (exact) mass is 356 g/mol. The van der Waals surface area contributed by atoms with Crippen molar-refractivity contribution in [2.75, 3.05) is 0 Å². The van der Waals surface area contributed by atoms with Gasteiger partial charge >= 0.3 is 22.8 Å². The number of carbonyl (C=O) groups excluding carboxylic acids is 1. The molecule has 1 aromatic heterocycles. The zero-order valence-electron chi connectivity index (χ0n) is 13.4. The molecule has 2 N–H and O–H groups in total. The first kappa shape index (κ1) is 19.7. The van der Waals surface area contributed by atoms with Crippen LogP contribution in [0.4, 0.5) is 11.4 Å². The molecule has 0 aliphatic carbocycles. The Hall–Kier alpha value is -3.31. The van der Waals surface area contributed by atoms with E-state index in [4.69, 9.17) is 5.11 Å². The number of aromatic nitrogens is 1. The van der Waals surface area contributed by atoms with Gasteiger partial charge in [0.1, 0.15) is 12.6 Å². The van der Waals surface area contributed by atoms with Gasteiger partial charge in [-0.3, -0.25) is 29.8 Å². The molecule has 0 aliphatic rings. The van der Waals surface area contributed by atoms with Gasteiger partial charge in [0.15, 0.2) is 0 Å². The summed E-state index contributed by atoms with van der Waals surface area (Å²) in [5.74, 6) is -2.09. The first-order valence-corrected chi connectivity index (χ1v) is 7.08. The third-order valence-electron chi connectivity index (χ3n) is 3.10. The highest BCUT2D eigenvalue weighted by Crippen LogP contribution is 2.12. The molecule has 1 heterocycles. The highest BCUT2D eigenvalue weighted by atomic mass is 16.6. The van der Waals surface area contributed by atoms with Crippen molar-refractivity contribution in [3.8, 4) is 0 Å². The van der Waals surface area contributed by atoms with Gasteiger partial charge in [0.2, 0.25) is 5.91 Å². The Labute approximate surface area is 140 Å². The lowest BCUT2D eigenvalue weighted by Crippen LogP contribution is -2.43. The Kier molecular flexibility index (Phi) is 6.31. The number of carboxylic acids is 1. The van der Waals surface area contributed by atoms with Crippen LogP contribution in [0.3, 0.4) is 0 Å². The summed E-state index contributed by atoms with van der Waals surface area (Å²) in [5.41, 5.74) is -3.49. The van der Waals surface area contributed by atoms with Crippen molar-refractivity contribution in [1.82, 2.24) is 9.88 Å². The molecule has 0 radical (unpaired) electrons. The fourth-order valence-corrected chi connectivity index (χ4v) is 2.05. The predicted octanol–water partition coefficient (Wildman–Crippen LogP) is 0.280. The van der Waals surface area contributed by atoms with Crippen LogP contribution in [0, 0.1) is 26.1 Å². The summed E-state index contributed by atoms with van der Waals surface area (Å²) in [6, 6.07) is -1.17. The van der Waals surface area contributed by atoms with Gasteiger partial charge in [-0.2, -0.15) is 0 Å². The summed E-state index contributed by atoms with van der Waals surface area (Å²) in [6.45, 7) is 2.90. The van der Waals surface area contributed by atoms with Crippen molar-refractivity contribution >= 4 is 23.3 Å². The Bertz CT molecular complexity index is 732. The molecule has 1 aromatic rings. The fourth-order valence-electron chi connectivity index (χ4n) is 2.05. The Morgan fingerprint density at radius 1 is 1.20 bits per heavy atom. The molecular formula is C13H16N4O8. The summed E-state index contributed by atoms with van der Waals surface area (Å²) in [7, 11) is 0. The molecule has 0 saturated carbocycles. The van der Waals surface area contributed by atoms with Gasteiger partial charge in [-0.15, -0.1) is 0 Å². The minimum atomic E-state index is -1.38. The highest BCUT2D eigenvalue weighted by molar-refractivity contribution is 5.83. The number of rotatable bonds is 8. The van der Waals surface area contributed by atoms with Crippen molar-refractivity contribution in [2.24, 2.45) is 5.92 Å². The van der Waals surface area contributed by atoms with Gasteiger partial charge in [0.05, 0.1) is 22.2 Å². The maximum Gasteiger partial charge on any atom is 0.339 e. The number of nitro groups is 2. The molecule has 0 aromatic carbocycles. The number of amides is 1. The normalized spacial score (nSPS) is 11.8. The van der Waals surface area contributed by atoms with Crippen molar-refractivity contribution in [1.29, 1.82) is 0 Å². The van der Waals surface area contributed by atoms with Gasteiger partial charge < -0.3 is 15.0 Å².